The number of rotatable bonds is 7. The van der Waals surface area contributed by atoms with Crippen LogP contribution in [0.15, 0.2) is 158 Å². The number of thiophene rings is 1. The molecule has 0 bridgehead atoms. The van der Waals surface area contributed by atoms with Gasteiger partial charge in [-0.1, -0.05) is 120 Å². The number of para-hydroxylation sites is 1. The average molecular weight is 722 g/mol. The summed E-state index contributed by atoms with van der Waals surface area (Å²) in [6, 6.07) is 53.3. The van der Waals surface area contributed by atoms with Gasteiger partial charge in [-0.3, -0.25) is 4.98 Å². The van der Waals surface area contributed by atoms with Gasteiger partial charge in [0.1, 0.15) is 0 Å². The van der Waals surface area contributed by atoms with E-state index in [1.54, 1.807) is 0 Å². The standard InChI is InChI=1S/C50H47N3S/c1-34-44(52(39-19-9-8-10-20-39)41-31-37(49(2,3)4)30-38(32-41)50(5,6)7)24-15-25-45(34)53(40-21-13-17-35(29-40)36-18-16-28-51-33-36)46-26-14-23-43-42-22-11-12-27-47(42)54-48(43)46/h8-33H,1-7H3. The summed E-state index contributed by atoms with van der Waals surface area (Å²) in [5.41, 5.74) is 12.8. The normalized spacial score (nSPS) is 12.0. The van der Waals surface area contributed by atoms with E-state index in [2.05, 4.69) is 203 Å². The lowest BCUT2D eigenvalue weighted by molar-refractivity contribution is 0.569. The van der Waals surface area contributed by atoms with Crippen molar-refractivity contribution >= 4 is 65.6 Å². The molecule has 0 aliphatic heterocycles. The predicted octanol–water partition coefficient (Wildman–Crippen LogP) is 15.0. The minimum absolute atomic E-state index is 0.0196. The minimum Gasteiger partial charge on any atom is -0.310 e. The van der Waals surface area contributed by atoms with Crippen LogP contribution in [0.3, 0.4) is 0 Å². The Kier molecular flexibility index (Phi) is 9.11. The average Bonchev–Trinajstić information content (AvgIpc) is 3.56. The number of nitrogens with zero attached hydrogens (tertiary/aromatic N) is 3. The maximum absolute atomic E-state index is 4.44. The van der Waals surface area contributed by atoms with Crippen LogP contribution in [0.25, 0.3) is 31.3 Å². The monoisotopic (exact) mass is 721 g/mol. The number of anilines is 6. The Bertz CT molecular complexity index is 2560. The van der Waals surface area contributed by atoms with Crippen LogP contribution in [0.1, 0.15) is 58.2 Å². The lowest BCUT2D eigenvalue weighted by atomic mass is 9.80. The summed E-state index contributed by atoms with van der Waals surface area (Å²) in [6.45, 7) is 16.1. The fourth-order valence-corrected chi connectivity index (χ4v) is 8.59. The molecule has 6 aromatic carbocycles. The second-order valence-electron chi connectivity index (χ2n) is 16.2. The summed E-state index contributed by atoms with van der Waals surface area (Å²) < 4.78 is 2.56. The Morgan fingerprint density at radius 2 is 1.07 bits per heavy atom. The molecule has 0 radical (unpaired) electrons. The fraction of sp³-hybridized carbons (Fsp3) is 0.180. The Balaban J connectivity index is 1.39. The molecule has 0 N–H and O–H groups in total. The smallest absolute Gasteiger partial charge is 0.0640 e. The molecule has 3 nitrogen and oxygen atoms in total. The van der Waals surface area contributed by atoms with E-state index in [1.165, 1.54) is 36.9 Å². The largest absolute Gasteiger partial charge is 0.310 e. The number of hydrogen-bond acceptors (Lipinski definition) is 4. The van der Waals surface area contributed by atoms with E-state index in [0.29, 0.717) is 0 Å². The van der Waals surface area contributed by atoms with Crippen molar-refractivity contribution in [1.29, 1.82) is 0 Å². The first-order chi connectivity index (χ1) is 26.0. The Morgan fingerprint density at radius 1 is 0.481 bits per heavy atom. The third kappa shape index (κ3) is 6.67. The molecule has 0 aliphatic rings. The summed E-state index contributed by atoms with van der Waals surface area (Å²) >= 11 is 1.86. The van der Waals surface area contributed by atoms with Crippen LogP contribution in [0.4, 0.5) is 34.1 Å². The Hall–Kier alpha value is -5.71. The van der Waals surface area contributed by atoms with Gasteiger partial charge in [0.25, 0.3) is 0 Å². The molecule has 8 rings (SSSR count). The van der Waals surface area contributed by atoms with Gasteiger partial charge in [0.2, 0.25) is 0 Å². The van der Waals surface area contributed by atoms with E-state index >= 15 is 0 Å². The van der Waals surface area contributed by atoms with Crippen molar-refractivity contribution in [3.05, 3.63) is 175 Å². The Labute approximate surface area is 324 Å². The molecule has 0 saturated carbocycles. The molecule has 0 spiro atoms. The zero-order chi connectivity index (χ0) is 37.6. The quantitative estimate of drug-likeness (QED) is 0.163. The molecular weight excluding hydrogens is 675 g/mol. The van der Waals surface area contributed by atoms with Crippen molar-refractivity contribution in [2.24, 2.45) is 0 Å². The third-order valence-corrected chi connectivity index (χ3v) is 11.6. The van der Waals surface area contributed by atoms with Gasteiger partial charge >= 0.3 is 0 Å². The maximum Gasteiger partial charge on any atom is 0.0640 e. The van der Waals surface area contributed by atoms with Crippen LogP contribution < -0.4 is 9.80 Å². The number of pyridine rings is 1. The summed E-state index contributed by atoms with van der Waals surface area (Å²) in [7, 11) is 0. The first-order valence-electron chi connectivity index (χ1n) is 18.8. The van der Waals surface area contributed by atoms with Gasteiger partial charge in [0.15, 0.2) is 0 Å². The lowest BCUT2D eigenvalue weighted by Gasteiger charge is -2.34. The first kappa shape index (κ1) is 35.3. The van der Waals surface area contributed by atoms with Gasteiger partial charge < -0.3 is 9.80 Å². The van der Waals surface area contributed by atoms with Crippen molar-refractivity contribution in [3.63, 3.8) is 0 Å². The first-order valence-corrected chi connectivity index (χ1v) is 19.6. The summed E-state index contributed by atoms with van der Waals surface area (Å²) in [5, 5.41) is 2.56. The molecule has 0 atom stereocenters. The Morgan fingerprint density at radius 3 is 1.78 bits per heavy atom. The highest BCUT2D eigenvalue weighted by Gasteiger charge is 2.26. The molecule has 0 fully saturated rings. The molecule has 0 saturated heterocycles. The van der Waals surface area contributed by atoms with Gasteiger partial charge in [-0.25, -0.2) is 0 Å². The zero-order valence-electron chi connectivity index (χ0n) is 32.3. The van der Waals surface area contributed by atoms with Gasteiger partial charge in [-0.05, 0) is 107 Å². The molecule has 268 valence electrons. The van der Waals surface area contributed by atoms with Crippen LogP contribution in [0.2, 0.25) is 0 Å². The van der Waals surface area contributed by atoms with Crippen LogP contribution in [-0.4, -0.2) is 4.98 Å². The highest BCUT2D eigenvalue weighted by Crippen LogP contribution is 2.49. The van der Waals surface area contributed by atoms with Crippen molar-refractivity contribution in [2.75, 3.05) is 9.80 Å². The summed E-state index contributed by atoms with van der Waals surface area (Å²) in [5.74, 6) is 0. The maximum atomic E-state index is 4.44. The zero-order valence-corrected chi connectivity index (χ0v) is 33.1. The van der Waals surface area contributed by atoms with Crippen LogP contribution in [0, 0.1) is 6.92 Å². The molecule has 54 heavy (non-hydrogen) atoms. The molecule has 4 heteroatoms. The molecule has 0 aliphatic carbocycles. The number of hydrogen-bond donors (Lipinski definition) is 0. The van der Waals surface area contributed by atoms with Crippen LogP contribution in [-0.2, 0) is 10.8 Å². The van der Waals surface area contributed by atoms with Gasteiger partial charge in [-0.2, -0.15) is 0 Å². The molecular formula is C50H47N3S. The van der Waals surface area contributed by atoms with Crippen molar-refractivity contribution in [2.45, 2.75) is 59.3 Å². The third-order valence-electron chi connectivity index (χ3n) is 10.4. The van der Waals surface area contributed by atoms with E-state index in [-0.39, 0.29) is 10.8 Å². The highest BCUT2D eigenvalue weighted by atomic mass is 32.1. The second kappa shape index (κ2) is 13.9. The number of fused-ring (bicyclic) bond motifs is 3. The van der Waals surface area contributed by atoms with E-state index in [0.717, 1.165) is 45.3 Å². The SMILES string of the molecule is Cc1c(N(c2ccccc2)c2cc(C(C)(C)C)cc(C(C)(C)C)c2)cccc1N(c1cccc(-c2cccnc2)c1)c1cccc2c1sc1ccccc12. The van der Waals surface area contributed by atoms with E-state index in [1.807, 2.05) is 29.8 Å². The van der Waals surface area contributed by atoms with Gasteiger partial charge in [0, 0.05) is 50.5 Å². The predicted molar refractivity (Wildman–Crippen MR) is 234 cm³/mol. The highest BCUT2D eigenvalue weighted by molar-refractivity contribution is 7.26. The van der Waals surface area contributed by atoms with E-state index in [4.69, 9.17) is 0 Å². The number of aromatic nitrogens is 1. The molecule has 0 unspecified atom stereocenters. The molecule has 8 aromatic rings. The van der Waals surface area contributed by atoms with E-state index in [9.17, 15) is 0 Å². The molecule has 0 amide bonds. The second-order valence-corrected chi connectivity index (χ2v) is 17.3. The van der Waals surface area contributed by atoms with Crippen molar-refractivity contribution in [1.82, 2.24) is 4.98 Å². The minimum atomic E-state index is -0.0196. The van der Waals surface area contributed by atoms with Crippen molar-refractivity contribution < 1.29 is 0 Å². The van der Waals surface area contributed by atoms with Gasteiger partial charge in [-0.15, -0.1) is 11.3 Å². The number of benzene rings is 6. The van der Waals surface area contributed by atoms with E-state index < -0.39 is 0 Å². The van der Waals surface area contributed by atoms with Crippen molar-refractivity contribution in [3.8, 4) is 11.1 Å². The molecule has 2 aromatic heterocycles. The summed E-state index contributed by atoms with van der Waals surface area (Å²) in [6.07, 6.45) is 3.77. The lowest BCUT2D eigenvalue weighted by Crippen LogP contribution is -2.20. The summed E-state index contributed by atoms with van der Waals surface area (Å²) in [4.78, 5) is 9.36. The molecule has 2 heterocycles. The topological polar surface area (TPSA) is 19.4 Å². The van der Waals surface area contributed by atoms with Gasteiger partial charge in [0.05, 0.1) is 21.8 Å². The fourth-order valence-electron chi connectivity index (χ4n) is 7.38. The van der Waals surface area contributed by atoms with Crippen LogP contribution >= 0.6 is 11.3 Å². The van der Waals surface area contributed by atoms with Crippen LogP contribution in [0.5, 0.6) is 0 Å².